The van der Waals surface area contributed by atoms with Gasteiger partial charge >= 0.3 is 15.6 Å². The lowest BCUT2D eigenvalue weighted by Crippen LogP contribution is -2.51. The fourth-order valence-corrected chi connectivity index (χ4v) is 2.83. The molecule has 1 aliphatic rings. The molecule has 11 heteroatoms. The van der Waals surface area contributed by atoms with E-state index >= 15 is 0 Å². The monoisotopic (exact) mass is 448 g/mol. The van der Waals surface area contributed by atoms with E-state index in [0.29, 0.717) is 5.75 Å². The van der Waals surface area contributed by atoms with Gasteiger partial charge in [0.1, 0.15) is 24.1 Å². The molecule has 0 aromatic heterocycles. The van der Waals surface area contributed by atoms with Crippen molar-refractivity contribution in [1.82, 2.24) is 0 Å². The van der Waals surface area contributed by atoms with Crippen LogP contribution in [0.1, 0.15) is 6.92 Å². The first kappa shape index (κ1) is 20.4. The highest BCUT2D eigenvalue weighted by Crippen LogP contribution is 2.28. The van der Waals surface area contributed by atoms with E-state index in [1.165, 1.54) is 6.92 Å². The molecule has 6 nitrogen and oxygen atoms in total. The summed E-state index contributed by atoms with van der Waals surface area (Å²) in [5.74, 6) is 0.579. The largest absolute Gasteiger partial charge is 0.523 e. The van der Waals surface area contributed by atoms with Gasteiger partial charge in [-0.3, -0.25) is 4.18 Å². The minimum atomic E-state index is -5.68. The molecule has 0 aliphatic carbocycles. The van der Waals surface area contributed by atoms with E-state index in [1.807, 2.05) is 0 Å². The maximum absolute atomic E-state index is 12.3. The molecule has 2 atom stereocenters. The van der Waals surface area contributed by atoms with Crippen molar-refractivity contribution in [3.63, 3.8) is 0 Å². The first-order valence-corrected chi connectivity index (χ1v) is 9.30. The normalized spacial score (nSPS) is 24.9. The van der Waals surface area contributed by atoms with E-state index in [9.17, 15) is 21.6 Å². The molecule has 2 rings (SSSR count). The number of hydrogen-bond acceptors (Lipinski definition) is 6. The highest BCUT2D eigenvalue weighted by Gasteiger charge is 2.49. The second-order valence-electron chi connectivity index (χ2n) is 5.63. The molecule has 142 valence electrons. The molecular weight excluding hydrogens is 433 g/mol. The zero-order valence-electron chi connectivity index (χ0n) is 13.1. The van der Waals surface area contributed by atoms with Gasteiger partial charge in [-0.25, -0.2) is 0 Å². The summed E-state index contributed by atoms with van der Waals surface area (Å²) in [6, 6.07) is 7.03. The maximum Gasteiger partial charge on any atom is 0.523 e. The lowest BCUT2D eigenvalue weighted by Gasteiger charge is -2.37. The molecule has 0 radical (unpaired) electrons. The molecule has 1 fully saturated rings. The van der Waals surface area contributed by atoms with Crippen LogP contribution in [-0.2, 0) is 23.8 Å². The molecule has 1 heterocycles. The fourth-order valence-electron chi connectivity index (χ4n) is 2.02. The summed E-state index contributed by atoms with van der Waals surface area (Å²) < 4.78 is 80.3. The van der Waals surface area contributed by atoms with Crippen molar-refractivity contribution >= 4 is 26.0 Å². The van der Waals surface area contributed by atoms with Gasteiger partial charge < -0.3 is 14.2 Å². The van der Waals surface area contributed by atoms with Gasteiger partial charge in [-0.2, -0.15) is 21.6 Å². The van der Waals surface area contributed by atoms with Crippen LogP contribution in [0.15, 0.2) is 28.7 Å². The van der Waals surface area contributed by atoms with Crippen molar-refractivity contribution in [3.8, 4) is 5.75 Å². The van der Waals surface area contributed by atoms with Gasteiger partial charge in [0.2, 0.25) is 0 Å². The molecule has 0 bridgehead atoms. The van der Waals surface area contributed by atoms with Gasteiger partial charge in [-0.1, -0.05) is 15.9 Å². The number of alkyl halides is 3. The molecule has 1 saturated heterocycles. The average Bonchev–Trinajstić information content (AvgIpc) is 2.52. The van der Waals surface area contributed by atoms with Gasteiger partial charge in [-0.15, -0.1) is 0 Å². The fraction of sp³-hybridized carbons (Fsp3) is 0.571. The van der Waals surface area contributed by atoms with E-state index in [4.69, 9.17) is 14.2 Å². The lowest BCUT2D eigenvalue weighted by molar-refractivity contribution is -0.208. The van der Waals surface area contributed by atoms with Gasteiger partial charge in [-0.05, 0) is 31.2 Å². The topological polar surface area (TPSA) is 71.1 Å². The standard InChI is InChI=1S/C14H16BrF3O6S/c1-13(9-23-25(19,20)14(16,17)18)8-21-6-12(24-13)7-22-11-4-2-10(15)3-5-11/h2-5,12H,6-9H2,1H3/t12-,13+/m0/s1. The van der Waals surface area contributed by atoms with Crippen LogP contribution in [0.5, 0.6) is 5.75 Å². The average molecular weight is 449 g/mol. The molecular formula is C14H16BrF3O6S. The van der Waals surface area contributed by atoms with Crippen molar-refractivity contribution < 1.29 is 40.0 Å². The SMILES string of the molecule is C[C@]1(COS(=O)(=O)C(F)(F)F)COC[C@@H](COc2ccc(Br)cc2)O1. The van der Waals surface area contributed by atoms with E-state index in [2.05, 4.69) is 20.1 Å². The quantitative estimate of drug-likeness (QED) is 0.492. The number of benzene rings is 1. The Hall–Kier alpha value is -0.880. The summed E-state index contributed by atoms with van der Waals surface area (Å²) in [6.07, 6.45) is -0.584. The van der Waals surface area contributed by atoms with Crippen LogP contribution in [0.25, 0.3) is 0 Å². The molecule has 0 spiro atoms. The van der Waals surface area contributed by atoms with Crippen LogP contribution in [-0.4, -0.2) is 52.1 Å². The van der Waals surface area contributed by atoms with Crippen LogP contribution >= 0.6 is 15.9 Å². The predicted octanol–water partition coefficient (Wildman–Crippen LogP) is 2.87. The second kappa shape index (κ2) is 7.78. The van der Waals surface area contributed by atoms with Crippen molar-refractivity contribution in [2.75, 3.05) is 26.4 Å². The zero-order valence-corrected chi connectivity index (χ0v) is 15.5. The Bertz CT molecular complexity index is 679. The van der Waals surface area contributed by atoms with E-state index in [-0.39, 0.29) is 19.8 Å². The smallest absolute Gasteiger partial charge is 0.491 e. The van der Waals surface area contributed by atoms with E-state index in [1.54, 1.807) is 24.3 Å². The molecule has 0 N–H and O–H groups in total. The Labute approximate surface area is 151 Å². The van der Waals surface area contributed by atoms with Crippen LogP contribution in [0.3, 0.4) is 0 Å². The Balaban J connectivity index is 1.89. The highest BCUT2D eigenvalue weighted by molar-refractivity contribution is 9.10. The molecule has 25 heavy (non-hydrogen) atoms. The molecule has 1 aromatic carbocycles. The Morgan fingerprint density at radius 1 is 1.32 bits per heavy atom. The first-order chi connectivity index (χ1) is 11.5. The summed E-state index contributed by atoms with van der Waals surface area (Å²) >= 11 is 3.29. The van der Waals surface area contributed by atoms with Crippen molar-refractivity contribution in [2.45, 2.75) is 24.1 Å². The van der Waals surface area contributed by atoms with Gasteiger partial charge in [0.15, 0.2) is 0 Å². The minimum absolute atomic E-state index is 0.0866. The van der Waals surface area contributed by atoms with Crippen molar-refractivity contribution in [3.05, 3.63) is 28.7 Å². The number of hydrogen-bond donors (Lipinski definition) is 0. The summed E-state index contributed by atoms with van der Waals surface area (Å²) in [7, 11) is -5.68. The highest BCUT2D eigenvalue weighted by atomic mass is 79.9. The van der Waals surface area contributed by atoms with Crippen LogP contribution in [0, 0.1) is 0 Å². The van der Waals surface area contributed by atoms with Crippen LogP contribution in [0.4, 0.5) is 13.2 Å². The summed E-state index contributed by atoms with van der Waals surface area (Å²) in [4.78, 5) is 0. The third-order valence-electron chi connectivity index (χ3n) is 3.21. The molecule has 1 aliphatic heterocycles. The van der Waals surface area contributed by atoms with Crippen LogP contribution < -0.4 is 4.74 Å². The Kier molecular flexibility index (Phi) is 6.36. The summed E-state index contributed by atoms with van der Waals surface area (Å²) in [5.41, 5.74) is -6.83. The van der Waals surface area contributed by atoms with Gasteiger partial charge in [0.05, 0.1) is 19.8 Å². The predicted molar refractivity (Wildman–Crippen MR) is 84.7 cm³/mol. The first-order valence-electron chi connectivity index (χ1n) is 7.10. The summed E-state index contributed by atoms with van der Waals surface area (Å²) in [6.45, 7) is 0.741. The second-order valence-corrected chi connectivity index (χ2v) is 8.15. The number of rotatable bonds is 6. The van der Waals surface area contributed by atoms with E-state index < -0.39 is 33.9 Å². The van der Waals surface area contributed by atoms with Crippen molar-refractivity contribution in [2.24, 2.45) is 0 Å². The molecule has 0 unspecified atom stereocenters. The third-order valence-corrected chi connectivity index (χ3v) is 4.74. The molecule has 0 saturated carbocycles. The van der Waals surface area contributed by atoms with E-state index in [0.717, 1.165) is 4.47 Å². The zero-order chi connectivity index (χ0) is 18.7. The molecule has 0 amide bonds. The third kappa shape index (κ3) is 5.81. The van der Waals surface area contributed by atoms with Gasteiger partial charge in [0, 0.05) is 4.47 Å². The lowest BCUT2D eigenvalue weighted by atomic mass is 10.1. The maximum atomic E-state index is 12.3. The Morgan fingerprint density at radius 2 is 1.96 bits per heavy atom. The van der Waals surface area contributed by atoms with Crippen molar-refractivity contribution in [1.29, 1.82) is 0 Å². The molecule has 1 aromatic rings. The van der Waals surface area contributed by atoms with Gasteiger partial charge in [0.25, 0.3) is 0 Å². The Morgan fingerprint density at radius 3 is 2.56 bits per heavy atom. The number of ether oxygens (including phenoxy) is 3. The number of halogens is 4. The van der Waals surface area contributed by atoms with Crippen LogP contribution in [0.2, 0.25) is 0 Å². The minimum Gasteiger partial charge on any atom is -0.491 e. The summed E-state index contributed by atoms with van der Waals surface area (Å²) in [5, 5.41) is 0.